The molecule has 2 rings (SSSR count). The topological polar surface area (TPSA) is 55.5 Å². The van der Waals surface area contributed by atoms with Crippen molar-refractivity contribution in [2.45, 2.75) is 26.2 Å². The van der Waals surface area contributed by atoms with E-state index in [0.717, 1.165) is 17.7 Å². The van der Waals surface area contributed by atoms with Crippen molar-refractivity contribution in [3.8, 4) is 0 Å². The van der Waals surface area contributed by atoms with E-state index in [1.807, 2.05) is 12.1 Å². The Morgan fingerprint density at radius 1 is 1.10 bits per heavy atom. The third-order valence-corrected chi connectivity index (χ3v) is 3.22. The number of aliphatic imine (C=N–C) groups is 1. The Kier molecular flexibility index (Phi) is 5.21. The van der Waals surface area contributed by atoms with Gasteiger partial charge in [-0.05, 0) is 48.2 Å². The first-order valence-corrected chi connectivity index (χ1v) is 7.06. The summed E-state index contributed by atoms with van der Waals surface area (Å²) in [5, 5.41) is 10.6. The highest BCUT2D eigenvalue weighted by Gasteiger charge is 2.02. The van der Waals surface area contributed by atoms with Gasteiger partial charge >= 0.3 is 0 Å². The average molecular weight is 282 g/mol. The van der Waals surface area contributed by atoms with E-state index >= 15 is 0 Å². The minimum Gasteiger partial charge on any atom is -0.258 e. The number of hydrogen-bond donors (Lipinski definition) is 0. The molecule has 0 atom stereocenters. The quantitative estimate of drug-likeness (QED) is 0.438. The highest BCUT2D eigenvalue weighted by molar-refractivity contribution is 5.82. The van der Waals surface area contributed by atoms with Gasteiger partial charge < -0.3 is 0 Å². The molecule has 0 heterocycles. The van der Waals surface area contributed by atoms with Crippen LogP contribution in [0.1, 0.15) is 30.9 Å². The lowest BCUT2D eigenvalue weighted by atomic mass is 10.1. The number of benzene rings is 2. The Labute approximate surface area is 124 Å². The molecule has 0 saturated heterocycles. The van der Waals surface area contributed by atoms with Gasteiger partial charge in [0.05, 0.1) is 10.6 Å². The highest BCUT2D eigenvalue weighted by atomic mass is 16.6. The van der Waals surface area contributed by atoms with Crippen LogP contribution in [0.5, 0.6) is 0 Å². The number of rotatable bonds is 6. The lowest BCUT2D eigenvalue weighted by Gasteiger charge is -2.00. The van der Waals surface area contributed by atoms with Crippen LogP contribution in [0.4, 0.5) is 11.4 Å². The lowest BCUT2D eigenvalue weighted by molar-refractivity contribution is -0.384. The van der Waals surface area contributed by atoms with E-state index in [1.165, 1.54) is 30.5 Å². The third kappa shape index (κ3) is 4.53. The van der Waals surface area contributed by atoms with Crippen LogP contribution in [-0.2, 0) is 6.42 Å². The molecule has 0 fully saturated rings. The molecule has 2 aromatic carbocycles. The highest BCUT2D eigenvalue weighted by Crippen LogP contribution is 2.15. The molecular formula is C17H18N2O2. The molecule has 0 amide bonds. The maximum absolute atomic E-state index is 10.6. The van der Waals surface area contributed by atoms with Crippen molar-refractivity contribution in [1.82, 2.24) is 0 Å². The molecule has 0 unspecified atom stereocenters. The molecule has 4 heteroatoms. The van der Waals surface area contributed by atoms with E-state index in [9.17, 15) is 10.1 Å². The molecule has 0 aromatic heterocycles. The number of hydrogen-bond acceptors (Lipinski definition) is 3. The number of nitrogens with zero attached hydrogens (tertiary/aromatic N) is 2. The third-order valence-electron chi connectivity index (χ3n) is 3.22. The van der Waals surface area contributed by atoms with Crippen LogP contribution in [-0.4, -0.2) is 11.1 Å². The smallest absolute Gasteiger partial charge is 0.258 e. The summed E-state index contributed by atoms with van der Waals surface area (Å²) in [4.78, 5) is 14.5. The molecular weight excluding hydrogens is 264 g/mol. The summed E-state index contributed by atoms with van der Waals surface area (Å²) in [6.07, 6.45) is 5.21. The fourth-order valence-electron chi connectivity index (χ4n) is 1.96. The van der Waals surface area contributed by atoms with Crippen molar-refractivity contribution in [3.63, 3.8) is 0 Å². The minimum atomic E-state index is -0.407. The van der Waals surface area contributed by atoms with Gasteiger partial charge in [0.25, 0.3) is 5.69 Å². The fourth-order valence-corrected chi connectivity index (χ4v) is 1.96. The van der Waals surface area contributed by atoms with Gasteiger partial charge in [-0.15, -0.1) is 0 Å². The van der Waals surface area contributed by atoms with Gasteiger partial charge in [0.2, 0.25) is 0 Å². The average Bonchev–Trinajstić information content (AvgIpc) is 2.52. The van der Waals surface area contributed by atoms with Crippen LogP contribution in [0.25, 0.3) is 0 Å². The zero-order chi connectivity index (χ0) is 15.1. The summed E-state index contributed by atoms with van der Waals surface area (Å²) in [5.74, 6) is 0. The van der Waals surface area contributed by atoms with Gasteiger partial charge in [-0.2, -0.15) is 0 Å². The second-order valence-electron chi connectivity index (χ2n) is 4.88. The van der Waals surface area contributed by atoms with Crippen molar-refractivity contribution >= 4 is 17.6 Å². The van der Waals surface area contributed by atoms with Crippen molar-refractivity contribution in [2.75, 3.05) is 0 Å². The fraction of sp³-hybridized carbons (Fsp3) is 0.235. The molecule has 108 valence electrons. The summed E-state index contributed by atoms with van der Waals surface area (Å²) < 4.78 is 0. The number of aryl methyl sites for hydroxylation is 1. The van der Waals surface area contributed by atoms with E-state index in [0.29, 0.717) is 0 Å². The van der Waals surface area contributed by atoms with Crippen molar-refractivity contribution in [3.05, 3.63) is 69.8 Å². The van der Waals surface area contributed by atoms with E-state index in [1.54, 1.807) is 18.3 Å². The van der Waals surface area contributed by atoms with Gasteiger partial charge in [0.15, 0.2) is 0 Å². The second-order valence-corrected chi connectivity index (χ2v) is 4.88. The van der Waals surface area contributed by atoms with Crippen LogP contribution in [0, 0.1) is 10.1 Å². The normalized spacial score (nSPS) is 10.9. The summed E-state index contributed by atoms with van der Waals surface area (Å²) in [6.45, 7) is 2.18. The van der Waals surface area contributed by atoms with Gasteiger partial charge in [0.1, 0.15) is 0 Å². The number of unbranched alkanes of at least 4 members (excludes halogenated alkanes) is 1. The van der Waals surface area contributed by atoms with Crippen LogP contribution in [0.3, 0.4) is 0 Å². The standard InChI is InChI=1S/C17H18N2O2/c1-2-3-4-14-5-9-16(10-6-14)18-13-15-7-11-17(12-8-15)19(20)21/h5-13H,2-4H2,1H3. The predicted molar refractivity (Wildman–Crippen MR) is 85.4 cm³/mol. The lowest BCUT2D eigenvalue weighted by Crippen LogP contribution is -1.88. The number of nitro groups is 1. The molecule has 21 heavy (non-hydrogen) atoms. The summed E-state index contributed by atoms with van der Waals surface area (Å²) >= 11 is 0. The molecule has 0 aliphatic rings. The first-order chi connectivity index (χ1) is 10.2. The molecule has 0 bridgehead atoms. The van der Waals surface area contributed by atoms with Crippen molar-refractivity contribution in [1.29, 1.82) is 0 Å². The Balaban J connectivity index is 2.01. The van der Waals surface area contributed by atoms with Crippen LogP contribution in [0.15, 0.2) is 53.5 Å². The minimum absolute atomic E-state index is 0.0902. The van der Waals surface area contributed by atoms with E-state index in [2.05, 4.69) is 24.0 Å². The predicted octanol–water partition coefficient (Wildman–Crippen LogP) is 4.69. The largest absolute Gasteiger partial charge is 0.269 e. The Morgan fingerprint density at radius 3 is 2.33 bits per heavy atom. The summed E-state index contributed by atoms with van der Waals surface area (Å²) in [7, 11) is 0. The Bertz CT molecular complexity index is 616. The molecule has 0 spiro atoms. The van der Waals surface area contributed by atoms with Crippen molar-refractivity contribution < 1.29 is 4.92 Å². The first-order valence-electron chi connectivity index (χ1n) is 7.06. The van der Waals surface area contributed by atoms with E-state index in [-0.39, 0.29) is 5.69 Å². The Morgan fingerprint density at radius 2 is 1.76 bits per heavy atom. The van der Waals surface area contributed by atoms with E-state index in [4.69, 9.17) is 0 Å². The molecule has 0 radical (unpaired) electrons. The maximum atomic E-state index is 10.6. The van der Waals surface area contributed by atoms with Gasteiger partial charge in [-0.1, -0.05) is 25.5 Å². The molecule has 4 nitrogen and oxygen atoms in total. The first kappa shape index (κ1) is 14.9. The van der Waals surface area contributed by atoms with Crippen LogP contribution in [0.2, 0.25) is 0 Å². The maximum Gasteiger partial charge on any atom is 0.269 e. The zero-order valence-corrected chi connectivity index (χ0v) is 12.0. The van der Waals surface area contributed by atoms with Crippen molar-refractivity contribution in [2.24, 2.45) is 4.99 Å². The van der Waals surface area contributed by atoms with Crippen LogP contribution < -0.4 is 0 Å². The molecule has 0 saturated carbocycles. The summed E-state index contributed by atoms with van der Waals surface area (Å²) in [6, 6.07) is 14.5. The van der Waals surface area contributed by atoms with Crippen LogP contribution >= 0.6 is 0 Å². The number of nitro benzene ring substituents is 1. The molecule has 2 aromatic rings. The SMILES string of the molecule is CCCCc1ccc(N=Cc2ccc([N+](=O)[O-])cc2)cc1. The number of non-ortho nitro benzene ring substituents is 1. The monoisotopic (exact) mass is 282 g/mol. The zero-order valence-electron chi connectivity index (χ0n) is 12.0. The summed E-state index contributed by atoms with van der Waals surface area (Å²) in [5.41, 5.74) is 3.14. The Hall–Kier alpha value is -2.49. The second kappa shape index (κ2) is 7.33. The van der Waals surface area contributed by atoms with Gasteiger partial charge in [0, 0.05) is 18.3 Å². The molecule has 0 aliphatic carbocycles. The van der Waals surface area contributed by atoms with E-state index < -0.39 is 4.92 Å². The molecule has 0 aliphatic heterocycles. The molecule has 0 N–H and O–H groups in total. The van der Waals surface area contributed by atoms with Gasteiger partial charge in [-0.25, -0.2) is 0 Å². The van der Waals surface area contributed by atoms with Gasteiger partial charge in [-0.3, -0.25) is 15.1 Å².